The maximum atomic E-state index is 12.9. The van der Waals surface area contributed by atoms with Crippen LogP contribution in [0.5, 0.6) is 11.5 Å². The van der Waals surface area contributed by atoms with Crippen molar-refractivity contribution in [2.75, 3.05) is 26.8 Å². The van der Waals surface area contributed by atoms with E-state index in [0.717, 1.165) is 24.2 Å². The average Bonchev–Trinajstić information content (AvgIpc) is 3.32. The van der Waals surface area contributed by atoms with Crippen LogP contribution in [0.1, 0.15) is 37.3 Å². The SMILES string of the molecule is CCOc1cccc(CNC(=O)CCc2cc(S(=O)(=O)N3CCCC3)ccc2OC)c1. The Hall–Kier alpha value is -2.58. The maximum Gasteiger partial charge on any atom is 0.243 e. The number of hydrogen-bond acceptors (Lipinski definition) is 5. The number of carbonyl (C=O) groups excluding carboxylic acids is 1. The summed E-state index contributed by atoms with van der Waals surface area (Å²) in [7, 11) is -1.97. The molecule has 1 aliphatic heterocycles. The first-order valence-corrected chi connectivity index (χ1v) is 12.0. The highest BCUT2D eigenvalue weighted by Crippen LogP contribution is 2.27. The minimum absolute atomic E-state index is 0.114. The van der Waals surface area contributed by atoms with Crippen LogP contribution in [0.2, 0.25) is 0 Å². The predicted octanol–water partition coefficient (Wildman–Crippen LogP) is 3.13. The van der Waals surface area contributed by atoms with Crippen LogP contribution in [-0.2, 0) is 27.8 Å². The quantitative estimate of drug-likeness (QED) is 0.606. The first-order chi connectivity index (χ1) is 14.9. The summed E-state index contributed by atoms with van der Waals surface area (Å²) < 4.78 is 38.1. The summed E-state index contributed by atoms with van der Waals surface area (Å²) in [4.78, 5) is 12.6. The fraction of sp³-hybridized carbons (Fsp3) is 0.435. The summed E-state index contributed by atoms with van der Waals surface area (Å²) >= 11 is 0. The molecule has 0 radical (unpaired) electrons. The van der Waals surface area contributed by atoms with E-state index in [-0.39, 0.29) is 17.2 Å². The van der Waals surface area contributed by atoms with Crippen LogP contribution in [0.4, 0.5) is 0 Å². The Bertz CT molecular complexity index is 1000. The lowest BCUT2D eigenvalue weighted by Crippen LogP contribution is -2.28. The number of nitrogens with one attached hydrogen (secondary N) is 1. The number of aryl methyl sites for hydroxylation is 1. The Kier molecular flexibility index (Phi) is 7.92. The van der Waals surface area contributed by atoms with Gasteiger partial charge in [0.1, 0.15) is 11.5 Å². The van der Waals surface area contributed by atoms with Gasteiger partial charge in [0.25, 0.3) is 0 Å². The van der Waals surface area contributed by atoms with Gasteiger partial charge in [0, 0.05) is 26.1 Å². The number of carbonyl (C=O) groups is 1. The molecule has 8 heteroatoms. The number of ether oxygens (including phenoxy) is 2. The molecule has 0 atom stereocenters. The first-order valence-electron chi connectivity index (χ1n) is 10.6. The zero-order valence-corrected chi connectivity index (χ0v) is 18.9. The molecular formula is C23H30N2O5S. The molecule has 2 aromatic carbocycles. The largest absolute Gasteiger partial charge is 0.496 e. The molecular weight excluding hydrogens is 416 g/mol. The standard InChI is InChI=1S/C23H30N2O5S/c1-3-30-20-8-6-7-18(15-20)17-24-23(26)12-9-19-16-21(10-11-22(19)29-2)31(27,28)25-13-4-5-14-25/h6-8,10-11,15-16H,3-5,9,12-14,17H2,1-2H3,(H,24,26). The molecule has 0 aromatic heterocycles. The number of nitrogens with zero attached hydrogens (tertiary/aromatic N) is 1. The van der Waals surface area contributed by atoms with E-state index in [0.29, 0.717) is 44.0 Å². The van der Waals surface area contributed by atoms with Gasteiger partial charge in [-0.3, -0.25) is 4.79 Å². The minimum Gasteiger partial charge on any atom is -0.496 e. The molecule has 1 N–H and O–H groups in total. The van der Waals surface area contributed by atoms with Crippen molar-refractivity contribution in [2.45, 2.75) is 44.0 Å². The molecule has 0 aliphatic carbocycles. The van der Waals surface area contributed by atoms with Gasteiger partial charge in [-0.1, -0.05) is 12.1 Å². The van der Waals surface area contributed by atoms with E-state index in [1.54, 1.807) is 25.3 Å². The second-order valence-electron chi connectivity index (χ2n) is 7.44. The molecule has 0 saturated carbocycles. The fourth-order valence-corrected chi connectivity index (χ4v) is 5.21. The third-order valence-electron chi connectivity index (χ3n) is 5.28. The van der Waals surface area contributed by atoms with Crippen LogP contribution in [0.25, 0.3) is 0 Å². The normalized spacial score (nSPS) is 14.4. The lowest BCUT2D eigenvalue weighted by Gasteiger charge is -2.17. The van der Waals surface area contributed by atoms with Crippen molar-refractivity contribution in [2.24, 2.45) is 0 Å². The second kappa shape index (κ2) is 10.6. The number of hydrogen-bond donors (Lipinski definition) is 1. The van der Waals surface area contributed by atoms with Gasteiger partial charge in [0.05, 0.1) is 18.6 Å². The predicted molar refractivity (Wildman–Crippen MR) is 119 cm³/mol. The Labute approximate surface area is 184 Å². The Balaban J connectivity index is 1.62. The fourth-order valence-electron chi connectivity index (χ4n) is 3.64. The lowest BCUT2D eigenvalue weighted by atomic mass is 10.1. The number of amides is 1. The van der Waals surface area contributed by atoms with Crippen molar-refractivity contribution in [3.8, 4) is 11.5 Å². The van der Waals surface area contributed by atoms with Crippen molar-refractivity contribution < 1.29 is 22.7 Å². The zero-order valence-electron chi connectivity index (χ0n) is 18.1. The average molecular weight is 447 g/mol. The molecule has 1 saturated heterocycles. The van der Waals surface area contributed by atoms with Gasteiger partial charge in [-0.2, -0.15) is 4.31 Å². The zero-order chi connectivity index (χ0) is 22.3. The summed E-state index contributed by atoms with van der Waals surface area (Å²) in [5, 5.41) is 2.90. The third-order valence-corrected chi connectivity index (χ3v) is 7.17. The van der Waals surface area contributed by atoms with Crippen molar-refractivity contribution in [3.63, 3.8) is 0 Å². The molecule has 0 spiro atoms. The Morgan fingerprint density at radius 3 is 2.61 bits per heavy atom. The van der Waals surface area contributed by atoms with Crippen LogP contribution in [0, 0.1) is 0 Å². The molecule has 1 heterocycles. The summed E-state index contributed by atoms with van der Waals surface area (Å²) in [5.41, 5.74) is 1.66. The summed E-state index contributed by atoms with van der Waals surface area (Å²) in [6.45, 7) is 4.02. The van der Waals surface area contributed by atoms with Crippen molar-refractivity contribution in [1.82, 2.24) is 9.62 Å². The van der Waals surface area contributed by atoms with Crippen LogP contribution < -0.4 is 14.8 Å². The van der Waals surface area contributed by atoms with Crippen LogP contribution >= 0.6 is 0 Å². The van der Waals surface area contributed by atoms with Crippen LogP contribution in [0.3, 0.4) is 0 Å². The van der Waals surface area contributed by atoms with Gasteiger partial charge < -0.3 is 14.8 Å². The minimum atomic E-state index is -3.51. The molecule has 2 aromatic rings. The molecule has 1 amide bonds. The van der Waals surface area contributed by atoms with Gasteiger partial charge in [-0.25, -0.2) is 8.42 Å². The molecule has 7 nitrogen and oxygen atoms in total. The highest BCUT2D eigenvalue weighted by molar-refractivity contribution is 7.89. The van der Waals surface area contributed by atoms with Gasteiger partial charge in [0.2, 0.25) is 15.9 Å². The molecule has 168 valence electrons. The molecule has 1 aliphatic rings. The smallest absolute Gasteiger partial charge is 0.243 e. The monoisotopic (exact) mass is 446 g/mol. The van der Waals surface area contributed by atoms with Crippen LogP contribution in [0.15, 0.2) is 47.4 Å². The van der Waals surface area contributed by atoms with Gasteiger partial charge in [-0.05, 0) is 67.6 Å². The van der Waals surface area contributed by atoms with E-state index in [9.17, 15) is 13.2 Å². The third kappa shape index (κ3) is 5.98. The Morgan fingerprint density at radius 2 is 1.90 bits per heavy atom. The highest BCUT2D eigenvalue weighted by atomic mass is 32.2. The van der Waals surface area contributed by atoms with E-state index >= 15 is 0 Å². The molecule has 31 heavy (non-hydrogen) atoms. The van der Waals surface area contributed by atoms with Crippen LogP contribution in [-0.4, -0.2) is 45.4 Å². The summed E-state index contributed by atoms with van der Waals surface area (Å²) in [6, 6.07) is 12.5. The summed E-state index contributed by atoms with van der Waals surface area (Å²) in [5.74, 6) is 1.24. The molecule has 0 bridgehead atoms. The van der Waals surface area contributed by atoms with E-state index in [2.05, 4.69) is 5.32 Å². The molecule has 1 fully saturated rings. The maximum absolute atomic E-state index is 12.9. The topological polar surface area (TPSA) is 84.9 Å². The van der Waals surface area contributed by atoms with E-state index < -0.39 is 10.0 Å². The molecule has 3 rings (SSSR count). The van der Waals surface area contributed by atoms with Crippen molar-refractivity contribution in [3.05, 3.63) is 53.6 Å². The lowest BCUT2D eigenvalue weighted by molar-refractivity contribution is -0.121. The van der Waals surface area contributed by atoms with E-state index in [4.69, 9.17) is 9.47 Å². The number of sulfonamides is 1. The summed E-state index contributed by atoms with van der Waals surface area (Å²) in [6.07, 6.45) is 2.39. The van der Waals surface area contributed by atoms with Gasteiger partial charge in [0.15, 0.2) is 0 Å². The number of benzene rings is 2. The van der Waals surface area contributed by atoms with E-state index in [1.165, 1.54) is 4.31 Å². The van der Waals surface area contributed by atoms with Gasteiger partial charge in [-0.15, -0.1) is 0 Å². The van der Waals surface area contributed by atoms with Crippen molar-refractivity contribution >= 4 is 15.9 Å². The van der Waals surface area contributed by atoms with Gasteiger partial charge >= 0.3 is 0 Å². The first kappa shape index (κ1) is 23.1. The Morgan fingerprint density at radius 1 is 1.13 bits per heavy atom. The number of methoxy groups -OCH3 is 1. The van der Waals surface area contributed by atoms with Crippen molar-refractivity contribution in [1.29, 1.82) is 0 Å². The second-order valence-corrected chi connectivity index (χ2v) is 9.38. The number of rotatable bonds is 10. The highest BCUT2D eigenvalue weighted by Gasteiger charge is 2.27. The van der Waals surface area contributed by atoms with E-state index in [1.807, 2.05) is 31.2 Å². The molecule has 0 unspecified atom stereocenters.